The van der Waals surface area contributed by atoms with Crippen molar-refractivity contribution in [1.29, 1.82) is 0 Å². The largest absolute Gasteiger partial charge is 0.334 e. The smallest absolute Gasteiger partial charge is 0.246 e. The zero-order valence-electron chi connectivity index (χ0n) is 21.6. The minimum absolute atomic E-state index is 0.0292. The van der Waals surface area contributed by atoms with E-state index in [1.807, 2.05) is 24.3 Å². The topological polar surface area (TPSA) is 124 Å². The minimum atomic E-state index is -4.37. The number of rotatable bonds is 8. The summed E-state index contributed by atoms with van der Waals surface area (Å²) in [5.41, 5.74) is 0.770. The summed E-state index contributed by atoms with van der Waals surface area (Å²) in [7, 11) is -8.25. The molecule has 1 N–H and O–H groups in total. The van der Waals surface area contributed by atoms with E-state index in [0.717, 1.165) is 27.2 Å². The van der Waals surface area contributed by atoms with Gasteiger partial charge in [0, 0.05) is 28.5 Å². The summed E-state index contributed by atoms with van der Waals surface area (Å²) in [5, 5.41) is -0.485. The first-order valence-electron chi connectivity index (χ1n) is 13.2. The third-order valence-electron chi connectivity index (χ3n) is 7.91. The van der Waals surface area contributed by atoms with Crippen molar-refractivity contribution in [2.45, 2.75) is 66.5 Å². The van der Waals surface area contributed by atoms with E-state index in [4.69, 9.17) is 23.2 Å². The molecule has 220 valence electrons. The van der Waals surface area contributed by atoms with Crippen LogP contribution in [-0.4, -0.2) is 85.4 Å². The second-order valence-corrected chi connectivity index (χ2v) is 16.5. The number of sulfonamides is 2. The number of piperazine rings is 1. The van der Waals surface area contributed by atoms with Gasteiger partial charge in [-0.3, -0.25) is 9.59 Å². The highest BCUT2D eigenvalue weighted by Crippen LogP contribution is 2.38. The van der Waals surface area contributed by atoms with E-state index >= 15 is 0 Å². The van der Waals surface area contributed by atoms with Crippen molar-refractivity contribution < 1.29 is 26.4 Å². The maximum atomic E-state index is 14.2. The molecule has 4 fully saturated rings. The third kappa shape index (κ3) is 5.66. The average Bonchev–Trinajstić information content (AvgIpc) is 3.80. The Morgan fingerprint density at radius 2 is 1.59 bits per heavy atom. The fourth-order valence-electron chi connectivity index (χ4n) is 5.54. The first-order valence-corrected chi connectivity index (χ1v) is 17.8. The van der Waals surface area contributed by atoms with Gasteiger partial charge in [-0.15, -0.1) is 0 Å². The van der Waals surface area contributed by atoms with Crippen molar-refractivity contribution in [2.75, 3.05) is 13.1 Å². The lowest BCUT2D eigenvalue weighted by molar-refractivity contribution is -0.167. The van der Waals surface area contributed by atoms with Crippen LogP contribution < -0.4 is 4.72 Å². The van der Waals surface area contributed by atoms with Crippen molar-refractivity contribution in [3.8, 4) is 0 Å². The highest BCUT2D eigenvalue weighted by molar-refractivity contribution is 9.10. The molecule has 15 heteroatoms. The molecule has 3 unspecified atom stereocenters. The summed E-state index contributed by atoms with van der Waals surface area (Å²) in [4.78, 5) is 30.7. The van der Waals surface area contributed by atoms with Gasteiger partial charge in [-0.25, -0.2) is 21.6 Å². The summed E-state index contributed by atoms with van der Waals surface area (Å²) in [6.07, 6.45) is 1.58. The summed E-state index contributed by atoms with van der Waals surface area (Å²) >= 11 is 15.8. The number of hydrogen-bond donors (Lipinski definition) is 1. The van der Waals surface area contributed by atoms with Gasteiger partial charge in [0.05, 0.1) is 16.8 Å². The number of carbonyl (C=O) groups is 2. The van der Waals surface area contributed by atoms with E-state index < -0.39 is 56.0 Å². The molecule has 41 heavy (non-hydrogen) atoms. The molecule has 0 spiro atoms. The Morgan fingerprint density at radius 1 is 0.902 bits per heavy atom. The van der Waals surface area contributed by atoms with Crippen LogP contribution in [0, 0.1) is 0 Å². The van der Waals surface area contributed by atoms with Crippen LogP contribution in [0.1, 0.15) is 31.2 Å². The van der Waals surface area contributed by atoms with Crippen LogP contribution in [0.15, 0.2) is 51.8 Å². The Bertz CT molecular complexity index is 1620. The van der Waals surface area contributed by atoms with E-state index in [2.05, 4.69) is 20.7 Å². The molecule has 0 aromatic heterocycles. The fraction of sp³-hybridized carbons (Fsp3) is 0.462. The van der Waals surface area contributed by atoms with Gasteiger partial charge in [0.25, 0.3) is 0 Å². The second kappa shape index (κ2) is 10.8. The van der Waals surface area contributed by atoms with E-state index in [0.29, 0.717) is 12.8 Å². The number of carbonyl (C=O) groups excluding carboxylic acids is 2. The molecule has 4 aliphatic rings. The molecule has 10 nitrogen and oxygen atoms in total. The van der Waals surface area contributed by atoms with E-state index in [1.54, 1.807) is 4.90 Å². The van der Waals surface area contributed by atoms with Gasteiger partial charge in [-0.1, -0.05) is 51.3 Å². The fourth-order valence-corrected chi connectivity index (χ4v) is 9.65. The summed E-state index contributed by atoms with van der Waals surface area (Å²) in [6, 6.07) is 8.81. The predicted octanol–water partition coefficient (Wildman–Crippen LogP) is 2.98. The van der Waals surface area contributed by atoms with Crippen molar-refractivity contribution in [3.05, 3.63) is 62.5 Å². The lowest BCUT2D eigenvalue weighted by Gasteiger charge is -2.53. The van der Waals surface area contributed by atoms with Gasteiger partial charge in [-0.2, -0.15) is 4.31 Å². The van der Waals surface area contributed by atoms with Crippen LogP contribution in [0.5, 0.6) is 0 Å². The number of benzene rings is 2. The summed E-state index contributed by atoms with van der Waals surface area (Å²) in [5.74, 6) is -0.911. The lowest BCUT2D eigenvalue weighted by Crippen LogP contribution is -2.76. The Morgan fingerprint density at radius 3 is 2.20 bits per heavy atom. The average molecular weight is 706 g/mol. The Labute approximate surface area is 257 Å². The molecule has 3 atom stereocenters. The van der Waals surface area contributed by atoms with Crippen LogP contribution in [0.4, 0.5) is 0 Å². The monoisotopic (exact) mass is 704 g/mol. The predicted molar refractivity (Wildman–Crippen MR) is 156 cm³/mol. The van der Waals surface area contributed by atoms with E-state index in [-0.39, 0.29) is 39.9 Å². The molecule has 0 bridgehead atoms. The molecule has 6 rings (SSSR count). The highest BCUT2D eigenvalue weighted by Gasteiger charge is 2.56. The molecular weight excluding hydrogens is 679 g/mol. The zero-order valence-corrected chi connectivity index (χ0v) is 26.4. The minimum Gasteiger partial charge on any atom is -0.334 e. The number of nitrogens with zero attached hydrogens (tertiary/aromatic N) is 3. The first-order chi connectivity index (χ1) is 19.4. The van der Waals surface area contributed by atoms with Crippen LogP contribution in [0.3, 0.4) is 0 Å². The molecule has 2 amide bonds. The summed E-state index contributed by atoms with van der Waals surface area (Å²) in [6.45, 7) is -0.469. The highest BCUT2D eigenvalue weighted by atomic mass is 79.9. The number of fused-ring (bicyclic) bond motifs is 1. The zero-order chi connectivity index (χ0) is 29.3. The molecular formula is C26H27BrCl2N4O6S2. The maximum absolute atomic E-state index is 14.2. The molecule has 2 aromatic carbocycles. The van der Waals surface area contributed by atoms with Crippen molar-refractivity contribution in [1.82, 2.24) is 18.8 Å². The normalized spacial score (nSPS) is 25.9. The van der Waals surface area contributed by atoms with E-state index in [1.165, 1.54) is 23.1 Å². The number of halogens is 3. The Hall–Kier alpha value is -1.74. The molecule has 2 heterocycles. The number of nitrogens with one attached hydrogen (secondary N) is 1. The standard InChI is InChI=1S/C26H27BrCl2N4O6S2/c27-16-3-1-15(2-4-16)11-22-26(35)31(18-6-7-18)14-24-32(41(38,39)23-10-5-17(28)12-20(23)29)13-21(25(34)33(22)24)30-40(36,37)19-8-9-19/h1-5,10,12,18-19,21-22,24,30H,6-9,11,13-14H2. The Kier molecular flexibility index (Phi) is 7.70. The molecule has 2 saturated carbocycles. The van der Waals surface area contributed by atoms with Gasteiger partial charge < -0.3 is 9.80 Å². The molecule has 2 aromatic rings. The molecule has 2 aliphatic heterocycles. The molecule has 2 aliphatic carbocycles. The number of amides is 2. The molecule has 0 radical (unpaired) electrons. The van der Waals surface area contributed by atoms with Gasteiger partial charge in [0.1, 0.15) is 23.1 Å². The van der Waals surface area contributed by atoms with Crippen molar-refractivity contribution in [3.63, 3.8) is 0 Å². The Balaban J connectivity index is 1.45. The van der Waals surface area contributed by atoms with Gasteiger partial charge >= 0.3 is 0 Å². The lowest BCUT2D eigenvalue weighted by atomic mass is 9.97. The second-order valence-electron chi connectivity index (χ2n) is 10.9. The van der Waals surface area contributed by atoms with E-state index in [9.17, 15) is 26.4 Å². The van der Waals surface area contributed by atoms with Gasteiger partial charge in [0.2, 0.25) is 31.9 Å². The van der Waals surface area contributed by atoms with Crippen molar-refractivity contribution >= 4 is 71.0 Å². The van der Waals surface area contributed by atoms with Gasteiger partial charge in [0.15, 0.2) is 0 Å². The van der Waals surface area contributed by atoms with Crippen LogP contribution in [0.25, 0.3) is 0 Å². The van der Waals surface area contributed by atoms with Gasteiger partial charge in [-0.05, 0) is 61.6 Å². The van der Waals surface area contributed by atoms with Crippen LogP contribution in [-0.2, 0) is 36.1 Å². The first kappa shape index (κ1) is 29.3. The summed E-state index contributed by atoms with van der Waals surface area (Å²) < 4.78 is 58.7. The van der Waals surface area contributed by atoms with Crippen LogP contribution in [0.2, 0.25) is 10.0 Å². The molecule has 2 saturated heterocycles. The number of hydrogen-bond acceptors (Lipinski definition) is 6. The van der Waals surface area contributed by atoms with Crippen molar-refractivity contribution in [2.24, 2.45) is 0 Å². The quantitative estimate of drug-likeness (QED) is 0.451. The maximum Gasteiger partial charge on any atom is 0.246 e. The SMILES string of the molecule is O=C1C(Cc2ccc(Br)cc2)N2C(=O)C(NS(=O)(=O)C3CC3)CN(S(=O)(=O)c3ccc(Cl)cc3Cl)C2CN1C1CC1. The third-order valence-corrected chi connectivity index (χ3v) is 13.0. The van der Waals surface area contributed by atoms with Crippen LogP contribution >= 0.6 is 39.1 Å².